The lowest BCUT2D eigenvalue weighted by atomic mass is 10.2. The first-order valence-corrected chi connectivity index (χ1v) is 8.51. The molecule has 3 aromatic rings. The van der Waals surface area contributed by atoms with Crippen molar-refractivity contribution in [2.75, 3.05) is 12.8 Å². The van der Waals surface area contributed by atoms with E-state index in [1.807, 2.05) is 0 Å². The molecule has 0 aliphatic carbocycles. The molecule has 0 radical (unpaired) electrons. The maximum absolute atomic E-state index is 12.9. The fourth-order valence-corrected chi connectivity index (χ4v) is 3.01. The van der Waals surface area contributed by atoms with Gasteiger partial charge in [-0.25, -0.2) is 4.98 Å². The summed E-state index contributed by atoms with van der Waals surface area (Å²) in [4.78, 5) is 17.7. The van der Waals surface area contributed by atoms with Gasteiger partial charge < -0.3 is 9.32 Å². The van der Waals surface area contributed by atoms with Gasteiger partial charge in [0.25, 0.3) is 5.91 Å². The number of furan rings is 1. The van der Waals surface area contributed by atoms with Crippen molar-refractivity contribution in [3.63, 3.8) is 0 Å². The summed E-state index contributed by atoms with van der Waals surface area (Å²) in [5, 5.41) is 0.531. The van der Waals surface area contributed by atoms with E-state index in [9.17, 15) is 18.0 Å². The van der Waals surface area contributed by atoms with Crippen LogP contribution in [0.5, 0.6) is 0 Å². The van der Waals surface area contributed by atoms with Gasteiger partial charge in [0, 0.05) is 6.20 Å². The largest absolute Gasteiger partial charge is 0.467 e. The van der Waals surface area contributed by atoms with Crippen LogP contribution < -0.4 is 0 Å². The second-order valence-corrected chi connectivity index (χ2v) is 6.03. The molecule has 1 amide bonds. The minimum absolute atomic E-state index is 0.0132. The Morgan fingerprint density at radius 3 is 2.76 bits per heavy atom. The van der Waals surface area contributed by atoms with Gasteiger partial charge >= 0.3 is 6.18 Å². The Balaban J connectivity index is 1.99. The lowest BCUT2D eigenvalue weighted by Crippen LogP contribution is -2.38. The molecule has 132 valence electrons. The molecule has 9 heteroatoms. The number of pyridine rings is 1. The first-order valence-electron chi connectivity index (χ1n) is 7.28. The van der Waals surface area contributed by atoms with Crippen molar-refractivity contribution in [3.05, 3.63) is 54.2 Å². The van der Waals surface area contributed by atoms with Gasteiger partial charge in [0.05, 0.1) is 18.3 Å². The van der Waals surface area contributed by atoms with Crippen LogP contribution in [0.15, 0.2) is 52.4 Å². The van der Waals surface area contributed by atoms with E-state index >= 15 is 0 Å². The lowest BCUT2D eigenvalue weighted by Gasteiger charge is -2.22. The monoisotopic (exact) mass is 369 g/mol. The molecule has 3 rings (SSSR count). The van der Waals surface area contributed by atoms with E-state index in [1.54, 1.807) is 41.1 Å². The van der Waals surface area contributed by atoms with E-state index in [2.05, 4.69) is 4.98 Å². The Hall–Kier alpha value is -2.42. The van der Waals surface area contributed by atoms with E-state index in [0.29, 0.717) is 15.6 Å². The number of imidazole rings is 1. The van der Waals surface area contributed by atoms with Crippen molar-refractivity contribution in [3.8, 4) is 0 Å². The topological polar surface area (TPSA) is 50.8 Å². The standard InChI is InChI=1S/C16H14F3N3O2S/c1-25-15-20-13(12-6-2-3-7-22(12)15)14(23)21(10-16(17,18)19)9-11-5-4-8-24-11/h2-8H,9-10H2,1H3. The summed E-state index contributed by atoms with van der Waals surface area (Å²) in [6, 6.07) is 8.20. The summed E-state index contributed by atoms with van der Waals surface area (Å²) in [5.41, 5.74) is 0.448. The predicted molar refractivity (Wildman–Crippen MR) is 86.5 cm³/mol. The van der Waals surface area contributed by atoms with E-state index in [-0.39, 0.29) is 18.0 Å². The third kappa shape index (κ3) is 3.81. The maximum Gasteiger partial charge on any atom is 0.406 e. The quantitative estimate of drug-likeness (QED) is 0.641. The lowest BCUT2D eigenvalue weighted by molar-refractivity contribution is -0.142. The summed E-state index contributed by atoms with van der Waals surface area (Å²) in [6.07, 6.45) is 0.321. The van der Waals surface area contributed by atoms with Crippen LogP contribution in [0.3, 0.4) is 0 Å². The second-order valence-electron chi connectivity index (χ2n) is 5.26. The molecule has 0 bridgehead atoms. The highest BCUT2D eigenvalue weighted by atomic mass is 32.2. The Bertz CT molecular complexity index is 875. The number of thioether (sulfide) groups is 1. The zero-order chi connectivity index (χ0) is 18.0. The van der Waals surface area contributed by atoms with Gasteiger partial charge in [-0.3, -0.25) is 9.20 Å². The van der Waals surface area contributed by atoms with Gasteiger partial charge in [-0.05, 0) is 30.5 Å². The Kier molecular flexibility index (Phi) is 4.76. The van der Waals surface area contributed by atoms with E-state index < -0.39 is 18.6 Å². The fourth-order valence-electron chi connectivity index (χ4n) is 2.47. The molecule has 0 saturated carbocycles. The number of fused-ring (bicyclic) bond motifs is 1. The molecule has 0 fully saturated rings. The maximum atomic E-state index is 12.9. The molecule has 0 N–H and O–H groups in total. The Morgan fingerprint density at radius 2 is 2.12 bits per heavy atom. The zero-order valence-electron chi connectivity index (χ0n) is 13.2. The number of amides is 1. The molecular formula is C16H14F3N3O2S. The first kappa shape index (κ1) is 17.4. The van der Waals surface area contributed by atoms with E-state index in [4.69, 9.17) is 4.42 Å². The van der Waals surface area contributed by atoms with Crippen LogP contribution in [0.4, 0.5) is 13.2 Å². The number of halogens is 3. The van der Waals surface area contributed by atoms with Crippen molar-refractivity contribution >= 4 is 23.2 Å². The van der Waals surface area contributed by atoms with Crippen molar-refractivity contribution in [1.29, 1.82) is 0 Å². The van der Waals surface area contributed by atoms with Crippen LogP contribution in [0.25, 0.3) is 5.52 Å². The van der Waals surface area contributed by atoms with Gasteiger partial charge in [-0.2, -0.15) is 13.2 Å². The highest BCUT2D eigenvalue weighted by Crippen LogP contribution is 2.24. The van der Waals surface area contributed by atoms with Crippen molar-refractivity contribution in [1.82, 2.24) is 14.3 Å². The molecule has 0 aliphatic rings. The molecule has 0 spiro atoms. The van der Waals surface area contributed by atoms with Gasteiger partial charge in [-0.1, -0.05) is 17.8 Å². The number of hydrogen-bond donors (Lipinski definition) is 0. The van der Waals surface area contributed by atoms with Crippen LogP contribution >= 0.6 is 11.8 Å². The number of alkyl halides is 3. The third-order valence-electron chi connectivity index (χ3n) is 3.49. The molecular weight excluding hydrogens is 355 g/mol. The summed E-state index contributed by atoms with van der Waals surface area (Å²) in [5.74, 6) is -0.524. The van der Waals surface area contributed by atoms with Crippen molar-refractivity contribution < 1.29 is 22.4 Å². The average Bonchev–Trinajstić information content (AvgIpc) is 3.19. The number of carbonyl (C=O) groups excluding carboxylic acids is 1. The van der Waals surface area contributed by atoms with Crippen LogP contribution in [0, 0.1) is 0 Å². The summed E-state index contributed by atoms with van der Waals surface area (Å²) in [7, 11) is 0. The van der Waals surface area contributed by atoms with Gasteiger partial charge in [0.2, 0.25) is 0 Å². The Morgan fingerprint density at radius 1 is 1.32 bits per heavy atom. The van der Waals surface area contributed by atoms with E-state index in [0.717, 1.165) is 0 Å². The zero-order valence-corrected chi connectivity index (χ0v) is 14.0. The molecule has 3 aromatic heterocycles. The molecule has 5 nitrogen and oxygen atoms in total. The minimum Gasteiger partial charge on any atom is -0.467 e. The highest BCUT2D eigenvalue weighted by Gasteiger charge is 2.35. The number of rotatable bonds is 5. The summed E-state index contributed by atoms with van der Waals surface area (Å²) < 4.78 is 45.6. The molecule has 0 unspecified atom stereocenters. The average molecular weight is 369 g/mol. The van der Waals surface area contributed by atoms with Crippen LogP contribution in [0.1, 0.15) is 16.2 Å². The number of nitrogens with zero attached hydrogens (tertiary/aromatic N) is 3. The van der Waals surface area contributed by atoms with Gasteiger partial charge in [0.15, 0.2) is 10.9 Å². The molecule has 0 aromatic carbocycles. The normalized spacial score (nSPS) is 11.8. The molecule has 25 heavy (non-hydrogen) atoms. The molecule has 0 aliphatic heterocycles. The number of hydrogen-bond acceptors (Lipinski definition) is 4. The summed E-state index contributed by atoms with van der Waals surface area (Å²) >= 11 is 1.31. The molecule has 0 saturated heterocycles. The highest BCUT2D eigenvalue weighted by molar-refractivity contribution is 7.98. The second kappa shape index (κ2) is 6.83. The minimum atomic E-state index is -4.53. The smallest absolute Gasteiger partial charge is 0.406 e. The number of aromatic nitrogens is 2. The van der Waals surface area contributed by atoms with Gasteiger partial charge in [0.1, 0.15) is 12.3 Å². The molecule has 0 atom stereocenters. The van der Waals surface area contributed by atoms with Crippen molar-refractivity contribution in [2.24, 2.45) is 0 Å². The van der Waals surface area contributed by atoms with Gasteiger partial charge in [-0.15, -0.1) is 0 Å². The Labute approximate surface area is 145 Å². The third-order valence-corrected chi connectivity index (χ3v) is 4.14. The van der Waals surface area contributed by atoms with Crippen LogP contribution in [-0.2, 0) is 6.54 Å². The fraction of sp³-hybridized carbons (Fsp3) is 0.250. The summed E-state index contributed by atoms with van der Waals surface area (Å²) in [6.45, 7) is -1.67. The molecule has 3 heterocycles. The first-order chi connectivity index (χ1) is 11.9. The van der Waals surface area contributed by atoms with Crippen LogP contribution in [-0.4, -0.2) is 39.2 Å². The number of carbonyl (C=O) groups is 1. The van der Waals surface area contributed by atoms with E-state index in [1.165, 1.54) is 24.1 Å². The SMILES string of the molecule is CSc1nc(C(=O)N(Cc2ccco2)CC(F)(F)F)c2ccccn12. The van der Waals surface area contributed by atoms with Crippen LogP contribution in [0.2, 0.25) is 0 Å². The predicted octanol–water partition coefficient (Wildman–Crippen LogP) is 3.85. The van der Waals surface area contributed by atoms with Crippen molar-refractivity contribution in [2.45, 2.75) is 17.9 Å².